The Hall–Kier alpha value is -1.92. The summed E-state index contributed by atoms with van der Waals surface area (Å²) in [7, 11) is 0. The van der Waals surface area contributed by atoms with E-state index in [2.05, 4.69) is 62.5 Å². The van der Waals surface area contributed by atoms with Crippen molar-refractivity contribution in [1.82, 2.24) is 5.32 Å². The molecule has 0 bridgehead atoms. The summed E-state index contributed by atoms with van der Waals surface area (Å²) in [5.74, 6) is -0.479. The number of unbranched alkanes of at least 4 members (excludes halogenated alkanes) is 39. The Kier molecular flexibility index (Phi) is 55.4. The first kappa shape index (κ1) is 67.1. The lowest BCUT2D eigenvalue weighted by Gasteiger charge is -2.24. The van der Waals surface area contributed by atoms with Gasteiger partial charge in [0.05, 0.1) is 25.2 Å². The van der Waals surface area contributed by atoms with Crippen molar-refractivity contribution in [3.63, 3.8) is 0 Å². The summed E-state index contributed by atoms with van der Waals surface area (Å²) in [6, 6.07) is -0.706. The third-order valence-corrected chi connectivity index (χ3v) is 14.2. The van der Waals surface area contributed by atoms with Crippen LogP contribution in [-0.2, 0) is 14.3 Å². The summed E-state index contributed by atoms with van der Waals surface area (Å²) in [5.41, 5.74) is 0. The first-order chi connectivity index (χ1) is 34.0. The molecule has 3 atom stereocenters. The normalized spacial score (nSPS) is 13.3. The second kappa shape index (κ2) is 57.0. The smallest absolute Gasteiger partial charge is 0.306 e. The van der Waals surface area contributed by atoms with E-state index in [1.165, 1.54) is 218 Å². The van der Waals surface area contributed by atoms with Crippen molar-refractivity contribution in [1.29, 1.82) is 0 Å². The van der Waals surface area contributed by atoms with E-state index in [1.54, 1.807) is 0 Å². The summed E-state index contributed by atoms with van der Waals surface area (Å²) >= 11 is 0. The van der Waals surface area contributed by atoms with Crippen LogP contribution in [0.1, 0.15) is 329 Å². The molecule has 0 spiro atoms. The molecule has 1 amide bonds. The number of rotatable bonds is 56. The number of allylic oxidation sites excluding steroid dienone is 6. The highest BCUT2D eigenvalue weighted by atomic mass is 16.5. The number of carbonyl (C=O) groups excluding carboxylic acids is 2. The minimum absolute atomic E-state index is 0.0716. The van der Waals surface area contributed by atoms with Crippen molar-refractivity contribution in [2.75, 3.05) is 6.61 Å². The van der Waals surface area contributed by atoms with Crippen LogP contribution in [0.25, 0.3) is 0 Å². The average Bonchev–Trinajstić information content (AvgIpc) is 3.34. The lowest BCUT2D eigenvalue weighted by atomic mass is 10.0. The molecule has 0 aliphatic heterocycles. The highest BCUT2D eigenvalue weighted by Gasteiger charge is 2.24. The topological polar surface area (TPSA) is 95.9 Å². The zero-order valence-electron chi connectivity index (χ0n) is 46.5. The van der Waals surface area contributed by atoms with E-state index in [4.69, 9.17) is 4.74 Å². The van der Waals surface area contributed by atoms with E-state index in [1.807, 2.05) is 0 Å². The van der Waals surface area contributed by atoms with E-state index in [0.717, 1.165) is 64.2 Å². The second-order valence-electron chi connectivity index (χ2n) is 21.1. The van der Waals surface area contributed by atoms with Gasteiger partial charge in [0.1, 0.15) is 6.10 Å². The van der Waals surface area contributed by atoms with Crippen LogP contribution in [-0.4, -0.2) is 46.9 Å². The number of aliphatic hydroxyl groups excluding tert-OH is 2. The monoisotopic (exact) mass is 970 g/mol. The standard InChI is InChI=1S/C63H119NO5/c1-4-7-10-13-16-19-22-25-28-30-32-35-38-41-44-47-50-53-56-63(68)69-59(54-51-48-45-42-39-36-34-31-29-26-23-20-17-14-11-8-5-2)57-62(67)64-60(58-65)61(66)55-52-49-46-43-40-37-33-27-24-21-18-15-12-9-6-3/h26,28-30,32,35,59-61,65-66H,4-25,27,31,33-34,36-58H2,1-3H3,(H,64,67)/b29-26+,30-28+,35-32+. The van der Waals surface area contributed by atoms with Crippen molar-refractivity contribution in [3.8, 4) is 0 Å². The molecule has 0 rings (SSSR count). The minimum Gasteiger partial charge on any atom is -0.462 e. The first-order valence-corrected chi connectivity index (χ1v) is 30.7. The van der Waals surface area contributed by atoms with Crippen LogP contribution < -0.4 is 5.32 Å². The van der Waals surface area contributed by atoms with E-state index in [0.29, 0.717) is 19.3 Å². The summed E-state index contributed by atoms with van der Waals surface area (Å²) in [4.78, 5) is 26.3. The fraction of sp³-hybridized carbons (Fsp3) is 0.873. The van der Waals surface area contributed by atoms with Gasteiger partial charge in [0, 0.05) is 6.42 Å². The maximum absolute atomic E-state index is 13.3. The highest BCUT2D eigenvalue weighted by Crippen LogP contribution is 2.19. The summed E-state index contributed by atoms with van der Waals surface area (Å²) < 4.78 is 5.97. The van der Waals surface area contributed by atoms with Gasteiger partial charge in [-0.05, 0) is 77.0 Å². The van der Waals surface area contributed by atoms with Crippen molar-refractivity contribution >= 4 is 11.9 Å². The molecule has 0 aromatic heterocycles. The lowest BCUT2D eigenvalue weighted by Crippen LogP contribution is -2.46. The van der Waals surface area contributed by atoms with E-state index < -0.39 is 18.2 Å². The van der Waals surface area contributed by atoms with Crippen molar-refractivity contribution in [3.05, 3.63) is 36.5 Å². The molecule has 6 heteroatoms. The Morgan fingerprint density at radius 3 is 1.12 bits per heavy atom. The van der Waals surface area contributed by atoms with Crippen LogP contribution >= 0.6 is 0 Å². The molecule has 0 aliphatic carbocycles. The molecule has 69 heavy (non-hydrogen) atoms. The molecule has 0 aliphatic rings. The highest BCUT2D eigenvalue weighted by molar-refractivity contribution is 5.77. The number of aliphatic hydroxyl groups is 2. The molecular weight excluding hydrogens is 851 g/mol. The van der Waals surface area contributed by atoms with Crippen LogP contribution in [0.2, 0.25) is 0 Å². The molecule has 3 unspecified atom stereocenters. The first-order valence-electron chi connectivity index (χ1n) is 30.7. The summed E-state index contributed by atoms with van der Waals surface area (Å²) in [5, 5.41) is 23.9. The number of hydrogen-bond donors (Lipinski definition) is 3. The molecule has 3 N–H and O–H groups in total. The molecule has 6 nitrogen and oxygen atoms in total. The molecule has 0 aromatic carbocycles. The van der Waals surface area contributed by atoms with Gasteiger partial charge in [-0.25, -0.2) is 0 Å². The third kappa shape index (κ3) is 52.2. The second-order valence-corrected chi connectivity index (χ2v) is 21.1. The SMILES string of the molecule is CCCCCCCC/C=C/CCCCCCCCCC(CC(=O)NC(CO)C(O)CCCCCCCCCCCCCCCCC)OC(=O)CCCCCCC/C=C/C=C/CCCCCCCCC. The number of amides is 1. The molecule has 0 saturated carbocycles. The maximum Gasteiger partial charge on any atom is 0.306 e. The van der Waals surface area contributed by atoms with Gasteiger partial charge in [0.25, 0.3) is 0 Å². The number of esters is 1. The fourth-order valence-electron chi connectivity index (χ4n) is 9.54. The van der Waals surface area contributed by atoms with Gasteiger partial charge in [0.15, 0.2) is 0 Å². The van der Waals surface area contributed by atoms with Gasteiger partial charge in [-0.3, -0.25) is 9.59 Å². The van der Waals surface area contributed by atoms with Crippen molar-refractivity contribution in [2.45, 2.75) is 347 Å². The van der Waals surface area contributed by atoms with Crippen LogP contribution in [0.4, 0.5) is 0 Å². The van der Waals surface area contributed by atoms with Crippen molar-refractivity contribution < 1.29 is 24.5 Å². The zero-order valence-corrected chi connectivity index (χ0v) is 46.5. The molecule has 0 saturated heterocycles. The Labute approximate surface area is 430 Å². The Morgan fingerprint density at radius 1 is 0.420 bits per heavy atom. The number of ether oxygens (including phenoxy) is 1. The van der Waals surface area contributed by atoms with E-state index in [9.17, 15) is 19.8 Å². The summed E-state index contributed by atoms with van der Waals surface area (Å²) in [6.45, 7) is 6.51. The van der Waals surface area contributed by atoms with Gasteiger partial charge < -0.3 is 20.3 Å². The van der Waals surface area contributed by atoms with E-state index >= 15 is 0 Å². The van der Waals surface area contributed by atoms with Gasteiger partial charge in [0.2, 0.25) is 5.91 Å². The fourth-order valence-corrected chi connectivity index (χ4v) is 9.54. The van der Waals surface area contributed by atoms with Gasteiger partial charge in [-0.1, -0.05) is 276 Å². The number of nitrogens with one attached hydrogen (secondary N) is 1. The van der Waals surface area contributed by atoms with Gasteiger partial charge in [-0.15, -0.1) is 0 Å². The van der Waals surface area contributed by atoms with Crippen LogP contribution in [0.15, 0.2) is 36.5 Å². The Morgan fingerprint density at radius 2 is 0.739 bits per heavy atom. The average molecular weight is 971 g/mol. The van der Waals surface area contributed by atoms with Gasteiger partial charge in [-0.2, -0.15) is 0 Å². The Bertz CT molecular complexity index is 1130. The predicted molar refractivity (Wildman–Crippen MR) is 301 cm³/mol. The molecule has 406 valence electrons. The third-order valence-electron chi connectivity index (χ3n) is 14.2. The molecule has 0 fully saturated rings. The van der Waals surface area contributed by atoms with E-state index in [-0.39, 0.29) is 24.9 Å². The van der Waals surface area contributed by atoms with Crippen LogP contribution in [0.5, 0.6) is 0 Å². The quantitative estimate of drug-likeness (QED) is 0.0244. The zero-order chi connectivity index (χ0) is 50.2. The number of carbonyl (C=O) groups is 2. The maximum atomic E-state index is 13.3. The molecule has 0 heterocycles. The predicted octanol–water partition coefficient (Wildman–Crippen LogP) is 19.2. The van der Waals surface area contributed by atoms with Gasteiger partial charge >= 0.3 is 5.97 Å². The minimum atomic E-state index is -0.791. The summed E-state index contributed by atoms with van der Waals surface area (Å²) in [6.07, 6.45) is 69.3. The lowest BCUT2D eigenvalue weighted by molar-refractivity contribution is -0.151. The Balaban J connectivity index is 4.57. The van der Waals surface area contributed by atoms with Crippen LogP contribution in [0.3, 0.4) is 0 Å². The van der Waals surface area contributed by atoms with Crippen molar-refractivity contribution in [2.24, 2.45) is 0 Å². The molecular formula is C63H119NO5. The molecule has 0 radical (unpaired) electrons. The largest absolute Gasteiger partial charge is 0.462 e. The molecule has 0 aromatic rings. The number of hydrogen-bond acceptors (Lipinski definition) is 5. The van der Waals surface area contributed by atoms with Crippen LogP contribution in [0, 0.1) is 0 Å².